The first-order valence-electron chi connectivity index (χ1n) is 6.96. The van der Waals surface area contributed by atoms with E-state index in [9.17, 15) is 4.79 Å². The van der Waals surface area contributed by atoms with Gasteiger partial charge < -0.3 is 4.74 Å². The van der Waals surface area contributed by atoms with E-state index in [0.29, 0.717) is 10.8 Å². The summed E-state index contributed by atoms with van der Waals surface area (Å²) in [7, 11) is 0. The van der Waals surface area contributed by atoms with E-state index in [1.54, 1.807) is 24.3 Å². The number of fused-ring (bicyclic) bond motifs is 1. The number of benzene rings is 3. The SMILES string of the molecule is O=C(C=Cc1cccc2ccccc12)Oc1ccc(Br)cc1Cl. The van der Waals surface area contributed by atoms with Gasteiger partial charge in [-0.25, -0.2) is 4.79 Å². The number of hydrogen-bond donors (Lipinski definition) is 0. The van der Waals surface area contributed by atoms with Crippen molar-refractivity contribution in [1.29, 1.82) is 0 Å². The molecule has 3 aromatic rings. The summed E-state index contributed by atoms with van der Waals surface area (Å²) in [5.74, 6) is -0.135. The summed E-state index contributed by atoms with van der Waals surface area (Å²) < 4.78 is 6.08. The first kappa shape index (κ1) is 15.8. The van der Waals surface area contributed by atoms with Crippen LogP contribution in [0.4, 0.5) is 0 Å². The molecule has 0 unspecified atom stereocenters. The summed E-state index contributed by atoms with van der Waals surface area (Å²) >= 11 is 9.35. The van der Waals surface area contributed by atoms with Crippen LogP contribution < -0.4 is 4.74 Å². The van der Waals surface area contributed by atoms with Crippen LogP contribution in [0.5, 0.6) is 5.75 Å². The molecule has 0 spiro atoms. The first-order valence-corrected chi connectivity index (χ1v) is 8.13. The Hall–Kier alpha value is -2.10. The molecule has 23 heavy (non-hydrogen) atoms. The van der Waals surface area contributed by atoms with Crippen molar-refractivity contribution in [2.75, 3.05) is 0 Å². The fourth-order valence-electron chi connectivity index (χ4n) is 2.25. The van der Waals surface area contributed by atoms with Gasteiger partial charge in [0.25, 0.3) is 0 Å². The minimum Gasteiger partial charge on any atom is -0.422 e. The smallest absolute Gasteiger partial charge is 0.336 e. The van der Waals surface area contributed by atoms with Gasteiger partial charge in [0.1, 0.15) is 5.75 Å². The standard InChI is InChI=1S/C19H12BrClO2/c20-15-9-10-18(17(21)12-15)23-19(22)11-8-14-6-3-5-13-4-1-2-7-16(13)14/h1-12H. The second kappa shape index (κ2) is 6.99. The molecule has 0 aliphatic carbocycles. The van der Waals surface area contributed by atoms with Crippen molar-refractivity contribution in [1.82, 2.24) is 0 Å². The van der Waals surface area contributed by atoms with E-state index in [1.165, 1.54) is 6.08 Å². The molecule has 0 N–H and O–H groups in total. The molecule has 4 heteroatoms. The largest absolute Gasteiger partial charge is 0.422 e. The van der Waals surface area contributed by atoms with Gasteiger partial charge in [0, 0.05) is 10.5 Å². The molecule has 0 aliphatic heterocycles. The van der Waals surface area contributed by atoms with Gasteiger partial charge in [-0.2, -0.15) is 0 Å². The van der Waals surface area contributed by atoms with E-state index < -0.39 is 5.97 Å². The molecule has 0 saturated carbocycles. The number of esters is 1. The Bertz CT molecular complexity index is 898. The zero-order valence-electron chi connectivity index (χ0n) is 12.0. The summed E-state index contributed by atoms with van der Waals surface area (Å²) in [6, 6.07) is 19.1. The summed E-state index contributed by atoms with van der Waals surface area (Å²) in [5, 5.41) is 2.59. The van der Waals surface area contributed by atoms with E-state index in [2.05, 4.69) is 15.9 Å². The molecule has 2 nitrogen and oxygen atoms in total. The van der Waals surface area contributed by atoms with Crippen molar-refractivity contribution in [3.63, 3.8) is 0 Å². The minimum atomic E-state index is -0.470. The lowest BCUT2D eigenvalue weighted by Gasteiger charge is -2.04. The average Bonchev–Trinajstić information content (AvgIpc) is 2.55. The van der Waals surface area contributed by atoms with Gasteiger partial charge in [0.15, 0.2) is 0 Å². The lowest BCUT2D eigenvalue weighted by Crippen LogP contribution is -2.04. The third kappa shape index (κ3) is 3.81. The quantitative estimate of drug-likeness (QED) is 0.319. The third-order valence-electron chi connectivity index (χ3n) is 3.33. The number of halogens is 2. The molecule has 0 bridgehead atoms. The van der Waals surface area contributed by atoms with Gasteiger partial charge >= 0.3 is 5.97 Å². The summed E-state index contributed by atoms with van der Waals surface area (Å²) in [6.07, 6.45) is 3.15. The highest BCUT2D eigenvalue weighted by Crippen LogP contribution is 2.28. The summed E-state index contributed by atoms with van der Waals surface area (Å²) in [4.78, 5) is 12.0. The van der Waals surface area contributed by atoms with Gasteiger partial charge in [0.05, 0.1) is 5.02 Å². The van der Waals surface area contributed by atoms with Gasteiger partial charge in [-0.05, 0) is 40.6 Å². The highest BCUT2D eigenvalue weighted by molar-refractivity contribution is 9.10. The molecular formula is C19H12BrClO2. The van der Waals surface area contributed by atoms with Gasteiger partial charge in [-0.1, -0.05) is 70.0 Å². The molecule has 0 radical (unpaired) electrons. The molecule has 0 fully saturated rings. The number of hydrogen-bond acceptors (Lipinski definition) is 2. The van der Waals surface area contributed by atoms with Crippen LogP contribution >= 0.6 is 27.5 Å². The number of carbonyl (C=O) groups is 1. The van der Waals surface area contributed by atoms with E-state index in [-0.39, 0.29) is 0 Å². The second-order valence-electron chi connectivity index (χ2n) is 4.90. The van der Waals surface area contributed by atoms with Crippen molar-refractivity contribution in [2.24, 2.45) is 0 Å². The Labute approximate surface area is 147 Å². The van der Waals surface area contributed by atoms with E-state index in [1.807, 2.05) is 42.5 Å². The van der Waals surface area contributed by atoms with Crippen molar-refractivity contribution >= 4 is 50.3 Å². The van der Waals surface area contributed by atoms with Crippen molar-refractivity contribution in [2.45, 2.75) is 0 Å². The van der Waals surface area contributed by atoms with Crippen LogP contribution in [0.25, 0.3) is 16.8 Å². The van der Waals surface area contributed by atoms with Gasteiger partial charge in [0.2, 0.25) is 0 Å². The predicted octanol–water partition coefficient (Wildman–Crippen LogP) is 5.87. The van der Waals surface area contributed by atoms with Gasteiger partial charge in [-0.15, -0.1) is 0 Å². The van der Waals surface area contributed by atoms with Crippen LogP contribution in [0.15, 0.2) is 71.2 Å². The monoisotopic (exact) mass is 386 g/mol. The Kier molecular flexibility index (Phi) is 4.79. The molecule has 0 aromatic heterocycles. The molecule has 0 saturated heterocycles. The molecule has 0 aliphatic rings. The Morgan fingerprint density at radius 3 is 2.65 bits per heavy atom. The topological polar surface area (TPSA) is 26.3 Å². The highest BCUT2D eigenvalue weighted by Gasteiger charge is 2.06. The van der Waals surface area contributed by atoms with Crippen LogP contribution in [0.3, 0.4) is 0 Å². The summed E-state index contributed by atoms with van der Waals surface area (Å²) in [5.41, 5.74) is 0.960. The maximum atomic E-state index is 12.0. The van der Waals surface area contributed by atoms with E-state index >= 15 is 0 Å². The third-order valence-corrected chi connectivity index (χ3v) is 4.12. The van der Waals surface area contributed by atoms with E-state index in [0.717, 1.165) is 20.8 Å². The van der Waals surface area contributed by atoms with Crippen LogP contribution in [0.1, 0.15) is 5.56 Å². The zero-order valence-corrected chi connectivity index (χ0v) is 14.3. The van der Waals surface area contributed by atoms with Crippen LogP contribution in [0.2, 0.25) is 5.02 Å². The lowest BCUT2D eigenvalue weighted by molar-refractivity contribution is -0.128. The molecule has 114 valence electrons. The predicted molar refractivity (Wildman–Crippen MR) is 97.8 cm³/mol. The molecular weight excluding hydrogens is 376 g/mol. The first-order chi connectivity index (χ1) is 11.1. The maximum absolute atomic E-state index is 12.0. The minimum absolute atomic E-state index is 0.336. The molecule has 3 rings (SSSR count). The summed E-state index contributed by atoms with van der Waals surface area (Å²) in [6.45, 7) is 0. The second-order valence-corrected chi connectivity index (χ2v) is 6.22. The molecule has 0 amide bonds. The van der Waals surface area contributed by atoms with Crippen LogP contribution in [0, 0.1) is 0 Å². The zero-order chi connectivity index (χ0) is 16.2. The number of carbonyl (C=O) groups excluding carboxylic acids is 1. The lowest BCUT2D eigenvalue weighted by atomic mass is 10.0. The molecule has 0 atom stereocenters. The Morgan fingerprint density at radius 1 is 1.04 bits per heavy atom. The van der Waals surface area contributed by atoms with Crippen molar-refractivity contribution in [3.05, 3.63) is 81.8 Å². The van der Waals surface area contributed by atoms with Crippen molar-refractivity contribution in [3.8, 4) is 5.75 Å². The molecule has 3 aromatic carbocycles. The number of rotatable bonds is 3. The number of ether oxygens (including phenoxy) is 1. The van der Waals surface area contributed by atoms with Crippen molar-refractivity contribution < 1.29 is 9.53 Å². The van der Waals surface area contributed by atoms with Crippen LogP contribution in [-0.4, -0.2) is 5.97 Å². The molecule has 0 heterocycles. The normalized spacial score (nSPS) is 11.0. The average molecular weight is 388 g/mol. The van der Waals surface area contributed by atoms with Crippen LogP contribution in [-0.2, 0) is 4.79 Å². The maximum Gasteiger partial charge on any atom is 0.336 e. The fourth-order valence-corrected chi connectivity index (χ4v) is 2.97. The van der Waals surface area contributed by atoms with Gasteiger partial charge in [-0.3, -0.25) is 0 Å². The fraction of sp³-hybridized carbons (Fsp3) is 0. The Morgan fingerprint density at radius 2 is 1.83 bits per heavy atom. The van der Waals surface area contributed by atoms with E-state index in [4.69, 9.17) is 16.3 Å². The Balaban J connectivity index is 1.80. The highest BCUT2D eigenvalue weighted by atomic mass is 79.9.